The monoisotopic (exact) mass is 251 g/mol. The van der Waals surface area contributed by atoms with Crippen molar-refractivity contribution in [3.8, 4) is 0 Å². The maximum Gasteiger partial charge on any atom is 0.233 e. The Labute approximate surface area is 85.8 Å². The van der Waals surface area contributed by atoms with Crippen LogP contribution in [0.1, 0.15) is 13.3 Å². The molecule has 5 heteroatoms. The van der Waals surface area contributed by atoms with E-state index in [1.807, 2.05) is 0 Å². The van der Waals surface area contributed by atoms with Gasteiger partial charge in [0, 0.05) is 19.6 Å². The SMILES string of the molecule is CC(Br)C(=O)NCC1(O)CCOC1. The number of rotatable bonds is 3. The molecule has 1 aliphatic rings. The zero-order chi connectivity index (χ0) is 9.90. The molecular weight excluding hydrogens is 238 g/mol. The molecule has 1 fully saturated rings. The number of carbonyl (C=O) groups excluding carboxylic acids is 1. The summed E-state index contributed by atoms with van der Waals surface area (Å²) in [4.78, 5) is 10.9. The first-order chi connectivity index (χ1) is 6.03. The van der Waals surface area contributed by atoms with E-state index in [2.05, 4.69) is 21.2 Å². The molecule has 1 saturated heterocycles. The second-order valence-electron chi connectivity index (χ2n) is 3.36. The van der Waals surface area contributed by atoms with Gasteiger partial charge in [-0.05, 0) is 6.92 Å². The molecule has 0 saturated carbocycles. The fraction of sp³-hybridized carbons (Fsp3) is 0.875. The summed E-state index contributed by atoms with van der Waals surface area (Å²) in [5.74, 6) is -0.111. The van der Waals surface area contributed by atoms with Crippen LogP contribution in [0.15, 0.2) is 0 Å². The van der Waals surface area contributed by atoms with Crippen LogP contribution in [-0.4, -0.2) is 41.2 Å². The van der Waals surface area contributed by atoms with Crippen LogP contribution in [0.25, 0.3) is 0 Å². The number of hydrogen-bond acceptors (Lipinski definition) is 3. The molecule has 0 bridgehead atoms. The van der Waals surface area contributed by atoms with Crippen molar-refractivity contribution < 1.29 is 14.6 Å². The van der Waals surface area contributed by atoms with E-state index in [1.54, 1.807) is 6.92 Å². The number of alkyl halides is 1. The van der Waals surface area contributed by atoms with Crippen LogP contribution < -0.4 is 5.32 Å². The van der Waals surface area contributed by atoms with Crippen LogP contribution in [0.3, 0.4) is 0 Å². The number of nitrogens with one attached hydrogen (secondary N) is 1. The molecule has 2 unspecified atom stereocenters. The minimum absolute atomic E-state index is 0.111. The Bertz CT molecular complexity index is 190. The van der Waals surface area contributed by atoms with Gasteiger partial charge in [0.1, 0.15) is 5.60 Å². The van der Waals surface area contributed by atoms with E-state index in [1.165, 1.54) is 0 Å². The van der Waals surface area contributed by atoms with Crippen molar-refractivity contribution in [3.05, 3.63) is 0 Å². The van der Waals surface area contributed by atoms with E-state index in [9.17, 15) is 9.90 Å². The minimum Gasteiger partial charge on any atom is -0.386 e. The number of hydrogen-bond donors (Lipinski definition) is 2. The largest absolute Gasteiger partial charge is 0.386 e. The van der Waals surface area contributed by atoms with Crippen LogP contribution in [0, 0.1) is 0 Å². The summed E-state index contributed by atoms with van der Waals surface area (Å²) in [6.07, 6.45) is 0.587. The Morgan fingerprint density at radius 1 is 1.85 bits per heavy atom. The van der Waals surface area contributed by atoms with Crippen molar-refractivity contribution in [1.29, 1.82) is 0 Å². The predicted octanol–water partition coefficient (Wildman–Crippen LogP) is 0.0374. The molecule has 2 N–H and O–H groups in total. The second kappa shape index (κ2) is 4.39. The summed E-state index contributed by atoms with van der Waals surface area (Å²) < 4.78 is 5.04. The molecule has 1 aliphatic heterocycles. The first-order valence-corrected chi connectivity index (χ1v) is 5.17. The highest BCUT2D eigenvalue weighted by Crippen LogP contribution is 2.16. The Morgan fingerprint density at radius 2 is 2.54 bits per heavy atom. The number of aliphatic hydroxyl groups is 1. The number of carbonyl (C=O) groups is 1. The average molecular weight is 252 g/mol. The second-order valence-corrected chi connectivity index (χ2v) is 4.73. The van der Waals surface area contributed by atoms with Crippen molar-refractivity contribution in [1.82, 2.24) is 5.32 Å². The van der Waals surface area contributed by atoms with Gasteiger partial charge < -0.3 is 15.2 Å². The van der Waals surface area contributed by atoms with Crippen LogP contribution >= 0.6 is 15.9 Å². The summed E-state index contributed by atoms with van der Waals surface area (Å²) in [5, 5.41) is 12.4. The molecule has 0 radical (unpaired) electrons. The molecule has 4 nitrogen and oxygen atoms in total. The van der Waals surface area contributed by atoms with E-state index < -0.39 is 5.60 Å². The molecule has 0 aromatic rings. The van der Waals surface area contributed by atoms with Gasteiger partial charge in [-0.1, -0.05) is 15.9 Å². The molecule has 0 spiro atoms. The molecule has 0 aromatic carbocycles. The molecule has 2 atom stereocenters. The van der Waals surface area contributed by atoms with Gasteiger partial charge in [0.2, 0.25) is 5.91 Å². The molecule has 0 aromatic heterocycles. The third-order valence-corrected chi connectivity index (χ3v) is 2.45. The summed E-state index contributed by atoms with van der Waals surface area (Å²) in [5.41, 5.74) is -0.864. The first-order valence-electron chi connectivity index (χ1n) is 4.25. The molecule has 1 heterocycles. The minimum atomic E-state index is -0.864. The third-order valence-electron chi connectivity index (χ3n) is 2.04. The number of halogens is 1. The smallest absolute Gasteiger partial charge is 0.233 e. The van der Waals surface area contributed by atoms with Crippen LogP contribution in [0.4, 0.5) is 0 Å². The van der Waals surface area contributed by atoms with E-state index >= 15 is 0 Å². The molecule has 13 heavy (non-hydrogen) atoms. The zero-order valence-corrected chi connectivity index (χ0v) is 9.13. The lowest BCUT2D eigenvalue weighted by Crippen LogP contribution is -2.45. The van der Waals surface area contributed by atoms with Gasteiger partial charge in [-0.15, -0.1) is 0 Å². The number of amides is 1. The fourth-order valence-electron chi connectivity index (χ4n) is 1.13. The van der Waals surface area contributed by atoms with Gasteiger partial charge in [0.15, 0.2) is 0 Å². The van der Waals surface area contributed by atoms with Crippen LogP contribution in [0.2, 0.25) is 0 Å². The zero-order valence-electron chi connectivity index (χ0n) is 7.55. The van der Waals surface area contributed by atoms with Gasteiger partial charge in [-0.3, -0.25) is 4.79 Å². The quantitative estimate of drug-likeness (QED) is 0.697. The summed E-state index contributed by atoms with van der Waals surface area (Å²) in [6.45, 7) is 2.88. The highest BCUT2D eigenvalue weighted by atomic mass is 79.9. The van der Waals surface area contributed by atoms with Crippen molar-refractivity contribution >= 4 is 21.8 Å². The van der Waals surface area contributed by atoms with E-state index in [0.717, 1.165) is 0 Å². The highest BCUT2D eigenvalue weighted by Gasteiger charge is 2.32. The van der Waals surface area contributed by atoms with Gasteiger partial charge in [0.25, 0.3) is 0 Å². The predicted molar refractivity (Wildman–Crippen MR) is 51.8 cm³/mol. The Hall–Kier alpha value is -0.130. The van der Waals surface area contributed by atoms with E-state index in [4.69, 9.17) is 4.74 Å². The molecule has 0 aliphatic carbocycles. The van der Waals surface area contributed by atoms with Crippen molar-refractivity contribution in [3.63, 3.8) is 0 Å². The number of ether oxygens (including phenoxy) is 1. The molecule has 1 rings (SSSR count). The van der Waals surface area contributed by atoms with Crippen LogP contribution in [0.5, 0.6) is 0 Å². The van der Waals surface area contributed by atoms with Gasteiger partial charge in [-0.25, -0.2) is 0 Å². The lowest BCUT2D eigenvalue weighted by molar-refractivity contribution is -0.121. The van der Waals surface area contributed by atoms with Gasteiger partial charge in [-0.2, -0.15) is 0 Å². The third kappa shape index (κ3) is 3.25. The van der Waals surface area contributed by atoms with Gasteiger partial charge in [0.05, 0.1) is 11.4 Å². The summed E-state index contributed by atoms with van der Waals surface area (Å²) in [6, 6.07) is 0. The molecule has 76 valence electrons. The maximum atomic E-state index is 11.1. The normalized spacial score (nSPS) is 30.1. The average Bonchev–Trinajstić information content (AvgIpc) is 2.48. The van der Waals surface area contributed by atoms with E-state index in [-0.39, 0.29) is 17.3 Å². The van der Waals surface area contributed by atoms with Gasteiger partial charge >= 0.3 is 0 Å². The van der Waals surface area contributed by atoms with Crippen molar-refractivity contribution in [2.24, 2.45) is 0 Å². The Balaban J connectivity index is 2.29. The lowest BCUT2D eigenvalue weighted by atomic mass is 10.0. The molecular formula is C8H14BrNO3. The molecule has 1 amide bonds. The Kier molecular flexibility index (Phi) is 3.70. The standard InChI is InChI=1S/C8H14BrNO3/c1-6(9)7(11)10-4-8(12)2-3-13-5-8/h6,12H,2-5H2,1H3,(H,10,11). The summed E-state index contributed by atoms with van der Waals surface area (Å²) >= 11 is 3.14. The lowest BCUT2D eigenvalue weighted by Gasteiger charge is -2.20. The maximum absolute atomic E-state index is 11.1. The topological polar surface area (TPSA) is 58.6 Å². The highest BCUT2D eigenvalue weighted by molar-refractivity contribution is 9.10. The Morgan fingerprint density at radius 3 is 3.00 bits per heavy atom. The van der Waals surface area contributed by atoms with Crippen molar-refractivity contribution in [2.45, 2.75) is 23.8 Å². The summed E-state index contributed by atoms with van der Waals surface area (Å²) in [7, 11) is 0. The van der Waals surface area contributed by atoms with E-state index in [0.29, 0.717) is 19.6 Å². The fourth-order valence-corrected chi connectivity index (χ4v) is 1.29. The van der Waals surface area contributed by atoms with Crippen LogP contribution in [-0.2, 0) is 9.53 Å². The first kappa shape index (κ1) is 10.9. The van der Waals surface area contributed by atoms with Crippen molar-refractivity contribution in [2.75, 3.05) is 19.8 Å².